The molecular formula is C36H34Br2Cl2F2N2O2. The van der Waals surface area contributed by atoms with Crippen LogP contribution in [-0.4, -0.2) is 52.4 Å². The topological polar surface area (TPSA) is 40.6 Å². The maximum absolute atomic E-state index is 13.7. The molecule has 2 aliphatic heterocycles. The molecule has 0 saturated carbocycles. The molecule has 6 rings (SSSR count). The number of carbonyl (C=O) groups excluding carboxylic acids is 2. The third kappa shape index (κ3) is 9.55. The average Bonchev–Trinajstić information content (AvgIpc) is 3.04. The van der Waals surface area contributed by atoms with Gasteiger partial charge in [0.05, 0.1) is 26.7 Å². The number of rotatable bonds is 6. The number of likely N-dealkylation sites (tertiary alicyclic amines) is 2. The van der Waals surface area contributed by atoms with Crippen molar-refractivity contribution in [2.24, 2.45) is 0 Å². The van der Waals surface area contributed by atoms with Gasteiger partial charge in [-0.2, -0.15) is 0 Å². The van der Waals surface area contributed by atoms with E-state index in [1.54, 1.807) is 12.1 Å². The van der Waals surface area contributed by atoms with Gasteiger partial charge in [0.25, 0.3) is 0 Å². The van der Waals surface area contributed by atoms with E-state index < -0.39 is 11.6 Å². The summed E-state index contributed by atoms with van der Waals surface area (Å²) in [7, 11) is 0. The van der Waals surface area contributed by atoms with Crippen LogP contribution in [0.5, 0.6) is 0 Å². The zero-order chi connectivity index (χ0) is 31.9. The van der Waals surface area contributed by atoms with Crippen LogP contribution < -0.4 is 0 Å². The van der Waals surface area contributed by atoms with Gasteiger partial charge in [-0.15, -0.1) is 17.0 Å². The number of hydrogen-bond acceptors (Lipinski definition) is 4. The lowest BCUT2D eigenvalue weighted by Gasteiger charge is -2.35. The molecule has 3 atom stereocenters. The number of halogens is 6. The number of hydrogen-bond donors (Lipinski definition) is 0. The lowest BCUT2D eigenvalue weighted by molar-refractivity contribution is -0.123. The van der Waals surface area contributed by atoms with Crippen molar-refractivity contribution in [3.8, 4) is 0 Å². The molecule has 4 nitrogen and oxygen atoms in total. The van der Waals surface area contributed by atoms with Crippen LogP contribution in [0, 0.1) is 11.6 Å². The number of Topliss-reactive ketones (excluding diaryl/α,β-unsaturated/α-hetero) is 2. The van der Waals surface area contributed by atoms with Gasteiger partial charge >= 0.3 is 0 Å². The van der Waals surface area contributed by atoms with E-state index in [1.807, 2.05) is 36.4 Å². The predicted molar refractivity (Wildman–Crippen MR) is 189 cm³/mol. The van der Waals surface area contributed by atoms with E-state index >= 15 is 0 Å². The summed E-state index contributed by atoms with van der Waals surface area (Å²) < 4.78 is 27.4. The van der Waals surface area contributed by atoms with Crippen LogP contribution in [0.25, 0.3) is 0 Å². The molecule has 10 heteroatoms. The molecule has 46 heavy (non-hydrogen) atoms. The minimum atomic E-state index is -0.483. The summed E-state index contributed by atoms with van der Waals surface area (Å²) in [6.45, 7) is 4.18. The predicted octanol–water partition coefficient (Wildman–Crippen LogP) is 9.03. The van der Waals surface area contributed by atoms with Crippen LogP contribution in [0.2, 0.25) is 10.0 Å². The minimum absolute atomic E-state index is 0. The molecule has 0 N–H and O–H groups in total. The van der Waals surface area contributed by atoms with Crippen LogP contribution in [0.15, 0.2) is 97.1 Å². The Morgan fingerprint density at radius 2 is 1.15 bits per heavy atom. The van der Waals surface area contributed by atoms with Gasteiger partial charge < -0.3 is 0 Å². The quantitative estimate of drug-likeness (QED) is 0.183. The summed E-state index contributed by atoms with van der Waals surface area (Å²) in [5, 5.41) is 0.168. The summed E-state index contributed by atoms with van der Waals surface area (Å²) in [5.74, 6) is -1.30. The summed E-state index contributed by atoms with van der Waals surface area (Å²) >= 11 is 14.9. The molecule has 0 radical (unpaired) electrons. The maximum Gasteiger partial charge on any atom is 0.156 e. The number of benzene rings is 4. The standard InChI is InChI=1S/C18H16BrClFNO.C18H17ClFNO.BrH/c19-15-11-22(9-12-4-2-1-3-5-12)10-14(18(15)23)13-6-7-16(20)17(21)8-13;19-16-7-6-14(10-17(16)20)15-12-21(9-8-18(15)22)11-13-4-2-1-3-5-13;/h1-8,14-15H,9-11H2;1-7,10,15H,8-9,11-12H2;1H. The molecule has 2 fully saturated rings. The highest BCUT2D eigenvalue weighted by atomic mass is 79.9. The van der Waals surface area contributed by atoms with E-state index in [1.165, 1.54) is 35.4 Å². The Labute approximate surface area is 297 Å². The average molecular weight is 795 g/mol. The minimum Gasteiger partial charge on any atom is -0.299 e. The number of carbonyl (C=O) groups is 2. The third-order valence-corrected chi connectivity index (χ3v) is 9.56. The second kappa shape index (κ2) is 17.1. The fourth-order valence-electron chi connectivity index (χ4n) is 5.83. The van der Waals surface area contributed by atoms with Gasteiger partial charge in [0, 0.05) is 45.7 Å². The Balaban J connectivity index is 0.000000205. The number of piperidine rings is 2. The molecule has 242 valence electrons. The highest BCUT2D eigenvalue weighted by molar-refractivity contribution is 9.10. The van der Waals surface area contributed by atoms with Gasteiger partial charge in [-0.05, 0) is 46.5 Å². The highest BCUT2D eigenvalue weighted by Crippen LogP contribution is 2.31. The molecule has 0 bridgehead atoms. The molecule has 0 spiro atoms. The van der Waals surface area contributed by atoms with Crippen molar-refractivity contribution < 1.29 is 18.4 Å². The second-order valence-electron chi connectivity index (χ2n) is 11.4. The van der Waals surface area contributed by atoms with Crippen LogP contribution in [0.3, 0.4) is 0 Å². The van der Waals surface area contributed by atoms with E-state index in [4.69, 9.17) is 23.2 Å². The monoisotopic (exact) mass is 792 g/mol. The van der Waals surface area contributed by atoms with Crippen molar-refractivity contribution in [1.29, 1.82) is 0 Å². The van der Waals surface area contributed by atoms with Crippen molar-refractivity contribution in [2.75, 3.05) is 26.2 Å². The number of ketones is 2. The maximum atomic E-state index is 13.7. The van der Waals surface area contributed by atoms with Crippen molar-refractivity contribution in [3.05, 3.63) is 141 Å². The third-order valence-electron chi connectivity index (χ3n) is 8.21. The number of nitrogens with zero attached hydrogens (tertiary/aromatic N) is 2. The first-order chi connectivity index (χ1) is 21.7. The Kier molecular flexibility index (Phi) is 13.5. The van der Waals surface area contributed by atoms with Gasteiger partial charge in [0.15, 0.2) is 5.78 Å². The molecule has 2 aliphatic rings. The Morgan fingerprint density at radius 3 is 1.67 bits per heavy atom. The van der Waals surface area contributed by atoms with E-state index in [2.05, 4.69) is 50.0 Å². The van der Waals surface area contributed by atoms with Crippen LogP contribution in [0.4, 0.5) is 8.78 Å². The van der Waals surface area contributed by atoms with Gasteiger partial charge in [-0.1, -0.05) is 112 Å². The van der Waals surface area contributed by atoms with Crippen LogP contribution >= 0.6 is 56.1 Å². The molecule has 0 amide bonds. The molecule has 0 aromatic heterocycles. The lowest BCUT2D eigenvalue weighted by atomic mass is 9.89. The van der Waals surface area contributed by atoms with E-state index in [0.717, 1.165) is 19.6 Å². The number of alkyl halides is 1. The van der Waals surface area contributed by atoms with Crippen molar-refractivity contribution in [3.63, 3.8) is 0 Å². The van der Waals surface area contributed by atoms with Crippen molar-refractivity contribution in [1.82, 2.24) is 9.80 Å². The fraction of sp³-hybridized carbons (Fsp3) is 0.278. The SMILES string of the molecule is Br.O=C1C(Br)CN(Cc2ccccc2)CC1c1ccc(Cl)c(F)c1.O=C1CCN(Cc2ccccc2)CC1c1ccc(Cl)c(F)c1. The summed E-state index contributed by atoms with van der Waals surface area (Å²) in [4.78, 5) is 28.9. The first-order valence-corrected chi connectivity index (χ1v) is 16.5. The summed E-state index contributed by atoms with van der Waals surface area (Å²) in [5.41, 5.74) is 3.81. The first kappa shape index (κ1) is 36.4. The fourth-order valence-corrected chi connectivity index (χ4v) is 6.79. The van der Waals surface area contributed by atoms with Crippen molar-refractivity contribution in [2.45, 2.75) is 36.2 Å². The van der Waals surface area contributed by atoms with E-state index in [0.29, 0.717) is 37.2 Å². The molecule has 2 saturated heterocycles. The summed E-state index contributed by atoms with van der Waals surface area (Å²) in [6.07, 6.45) is 0.502. The van der Waals surface area contributed by atoms with Gasteiger partial charge in [-0.3, -0.25) is 19.4 Å². The van der Waals surface area contributed by atoms with E-state index in [9.17, 15) is 18.4 Å². The molecule has 3 unspecified atom stereocenters. The van der Waals surface area contributed by atoms with Crippen LogP contribution in [0.1, 0.15) is 40.5 Å². The molecular weight excluding hydrogens is 761 g/mol. The zero-order valence-corrected chi connectivity index (χ0v) is 29.7. The molecule has 0 aliphatic carbocycles. The summed E-state index contributed by atoms with van der Waals surface area (Å²) in [6, 6.07) is 29.6. The smallest absolute Gasteiger partial charge is 0.156 e. The normalized spacial score (nSPS) is 20.4. The highest BCUT2D eigenvalue weighted by Gasteiger charge is 2.35. The van der Waals surface area contributed by atoms with Crippen LogP contribution in [-0.2, 0) is 22.7 Å². The molecule has 4 aromatic rings. The van der Waals surface area contributed by atoms with Gasteiger partial charge in [0.1, 0.15) is 17.4 Å². The second-order valence-corrected chi connectivity index (χ2v) is 13.4. The van der Waals surface area contributed by atoms with Gasteiger partial charge in [0.2, 0.25) is 0 Å². The Morgan fingerprint density at radius 1 is 0.674 bits per heavy atom. The Bertz CT molecular complexity index is 1630. The first-order valence-electron chi connectivity index (χ1n) is 14.8. The lowest BCUT2D eigenvalue weighted by Crippen LogP contribution is -2.45. The largest absolute Gasteiger partial charge is 0.299 e. The zero-order valence-electron chi connectivity index (χ0n) is 24.9. The Hall–Kier alpha value is -2.46. The van der Waals surface area contributed by atoms with E-state index in [-0.39, 0.29) is 55.3 Å². The molecule has 4 aromatic carbocycles. The molecule has 2 heterocycles. The van der Waals surface area contributed by atoms with Gasteiger partial charge in [-0.25, -0.2) is 8.78 Å². The van der Waals surface area contributed by atoms with Crippen molar-refractivity contribution >= 4 is 67.7 Å².